The minimum Gasteiger partial charge on any atom is -0.496 e. The van der Waals surface area contributed by atoms with Crippen LogP contribution in [0.1, 0.15) is 10.4 Å². The average molecular weight is 582 g/mol. The van der Waals surface area contributed by atoms with E-state index < -0.39 is 15.9 Å². The van der Waals surface area contributed by atoms with Crippen molar-refractivity contribution >= 4 is 60.7 Å². The second-order valence-electron chi connectivity index (χ2n) is 6.66. The van der Waals surface area contributed by atoms with E-state index in [4.69, 9.17) is 26.4 Å². The van der Waals surface area contributed by atoms with Crippen molar-refractivity contribution in [2.75, 3.05) is 31.4 Å². The van der Waals surface area contributed by atoms with Crippen LogP contribution in [-0.4, -0.2) is 50.7 Å². The number of thiocarbonyl (C=S) groups is 1. The number of amides is 1. The van der Waals surface area contributed by atoms with Gasteiger partial charge in [0.25, 0.3) is 15.9 Å². The first-order valence-corrected chi connectivity index (χ1v) is 12.4. The van der Waals surface area contributed by atoms with Gasteiger partial charge in [0.05, 0.1) is 31.8 Å². The molecule has 11 nitrogen and oxygen atoms in total. The first kappa shape index (κ1) is 26.1. The zero-order valence-corrected chi connectivity index (χ0v) is 21.9. The van der Waals surface area contributed by atoms with Crippen LogP contribution in [0, 0.1) is 0 Å². The summed E-state index contributed by atoms with van der Waals surface area (Å²) >= 11 is 8.51. The molecular formula is C21H20BrN5O6S2. The molecule has 1 aromatic heterocycles. The Balaban J connectivity index is 1.68. The van der Waals surface area contributed by atoms with E-state index in [1.54, 1.807) is 18.2 Å². The fourth-order valence-corrected chi connectivity index (χ4v) is 4.32. The quantitative estimate of drug-likeness (QED) is 0.339. The minimum absolute atomic E-state index is 0.0194. The molecule has 14 heteroatoms. The number of carbonyl (C=O) groups excluding carboxylic acids is 1. The van der Waals surface area contributed by atoms with Crippen LogP contribution in [0.25, 0.3) is 0 Å². The lowest BCUT2D eigenvalue weighted by molar-refractivity contribution is 0.0974. The molecule has 0 unspecified atom stereocenters. The summed E-state index contributed by atoms with van der Waals surface area (Å²) in [6.07, 6.45) is 0. The monoisotopic (exact) mass is 581 g/mol. The first-order chi connectivity index (χ1) is 16.6. The van der Waals surface area contributed by atoms with Crippen molar-refractivity contribution in [3.05, 3.63) is 58.6 Å². The number of methoxy groups -OCH3 is 3. The molecule has 0 saturated heterocycles. The van der Waals surface area contributed by atoms with Crippen LogP contribution in [0.15, 0.2) is 57.9 Å². The third-order valence-electron chi connectivity index (χ3n) is 4.37. The maximum absolute atomic E-state index is 12.8. The summed E-state index contributed by atoms with van der Waals surface area (Å²) < 4.78 is 43.7. The van der Waals surface area contributed by atoms with E-state index in [0.29, 0.717) is 15.9 Å². The van der Waals surface area contributed by atoms with Crippen molar-refractivity contribution in [2.45, 2.75) is 4.90 Å². The molecule has 0 spiro atoms. The molecule has 0 fully saturated rings. The second kappa shape index (κ2) is 11.3. The number of sulfonamides is 1. The Hall–Kier alpha value is -3.49. The minimum atomic E-state index is -3.98. The molecule has 3 rings (SSSR count). The molecule has 0 saturated carbocycles. The van der Waals surface area contributed by atoms with E-state index in [1.165, 1.54) is 51.7 Å². The van der Waals surface area contributed by atoms with Crippen LogP contribution in [-0.2, 0) is 10.0 Å². The summed E-state index contributed by atoms with van der Waals surface area (Å²) in [7, 11) is 0.213. The Morgan fingerprint density at radius 1 is 0.971 bits per heavy atom. The van der Waals surface area contributed by atoms with Crippen molar-refractivity contribution in [3.63, 3.8) is 0 Å². The number of nitrogens with one attached hydrogen (secondary N) is 3. The van der Waals surface area contributed by atoms with E-state index in [9.17, 15) is 13.2 Å². The van der Waals surface area contributed by atoms with Gasteiger partial charge in [-0.25, -0.2) is 8.42 Å². The number of hydrogen-bond donors (Lipinski definition) is 3. The zero-order valence-electron chi connectivity index (χ0n) is 18.7. The van der Waals surface area contributed by atoms with Crippen molar-refractivity contribution in [1.82, 2.24) is 15.3 Å². The molecule has 1 heterocycles. The van der Waals surface area contributed by atoms with Crippen LogP contribution in [0.5, 0.6) is 17.6 Å². The predicted octanol–water partition coefficient (Wildman–Crippen LogP) is 3.19. The molecule has 2 aromatic carbocycles. The zero-order chi connectivity index (χ0) is 25.6. The van der Waals surface area contributed by atoms with Gasteiger partial charge in [-0.2, -0.15) is 9.97 Å². The summed E-state index contributed by atoms with van der Waals surface area (Å²) in [5, 5.41) is 5.41. The fourth-order valence-electron chi connectivity index (χ4n) is 2.76. The molecule has 0 atom stereocenters. The summed E-state index contributed by atoms with van der Waals surface area (Å²) in [5.41, 5.74) is 0.748. The Labute approximate surface area is 215 Å². The van der Waals surface area contributed by atoms with Gasteiger partial charge in [-0.05, 0) is 54.7 Å². The molecule has 35 heavy (non-hydrogen) atoms. The highest BCUT2D eigenvalue weighted by Gasteiger charge is 2.18. The van der Waals surface area contributed by atoms with Crippen molar-refractivity contribution in [1.29, 1.82) is 0 Å². The third-order valence-corrected chi connectivity index (χ3v) is 6.44. The van der Waals surface area contributed by atoms with Crippen molar-refractivity contribution < 1.29 is 27.4 Å². The van der Waals surface area contributed by atoms with Gasteiger partial charge in [-0.1, -0.05) is 15.9 Å². The highest BCUT2D eigenvalue weighted by atomic mass is 79.9. The highest BCUT2D eigenvalue weighted by Crippen LogP contribution is 2.23. The Bertz CT molecular complexity index is 1330. The topological polar surface area (TPSA) is 141 Å². The fraction of sp³-hybridized carbons (Fsp3) is 0.143. The van der Waals surface area contributed by atoms with E-state index in [2.05, 4.69) is 41.3 Å². The predicted molar refractivity (Wildman–Crippen MR) is 137 cm³/mol. The molecule has 3 N–H and O–H groups in total. The summed E-state index contributed by atoms with van der Waals surface area (Å²) in [6, 6.07) is 12.0. The Morgan fingerprint density at radius 3 is 2.31 bits per heavy atom. The lowest BCUT2D eigenvalue weighted by Gasteiger charge is -2.13. The van der Waals surface area contributed by atoms with Crippen molar-refractivity contribution in [2.24, 2.45) is 0 Å². The van der Waals surface area contributed by atoms with Gasteiger partial charge >= 0.3 is 6.01 Å². The smallest absolute Gasteiger partial charge is 0.321 e. The number of hydrogen-bond acceptors (Lipinski definition) is 9. The van der Waals surface area contributed by atoms with Crippen LogP contribution in [0.2, 0.25) is 0 Å². The van der Waals surface area contributed by atoms with Crippen LogP contribution < -0.4 is 29.6 Å². The summed E-state index contributed by atoms with van der Waals surface area (Å²) in [5.74, 6) is 0.0159. The van der Waals surface area contributed by atoms with Crippen molar-refractivity contribution in [3.8, 4) is 17.6 Å². The molecule has 0 aliphatic heterocycles. The molecule has 1 amide bonds. The number of nitrogens with zero attached hydrogens (tertiary/aromatic N) is 2. The Morgan fingerprint density at radius 2 is 1.69 bits per heavy atom. The van der Waals surface area contributed by atoms with Crippen LogP contribution in [0.4, 0.5) is 11.5 Å². The lowest BCUT2D eigenvalue weighted by Crippen LogP contribution is -2.34. The first-order valence-electron chi connectivity index (χ1n) is 9.71. The maximum Gasteiger partial charge on any atom is 0.321 e. The van der Waals surface area contributed by atoms with Gasteiger partial charge < -0.3 is 19.5 Å². The van der Waals surface area contributed by atoms with E-state index in [0.717, 1.165) is 0 Å². The molecule has 0 aliphatic carbocycles. The molecule has 0 aliphatic rings. The summed E-state index contributed by atoms with van der Waals surface area (Å²) in [6.45, 7) is 0. The standard InChI is InChI=1S/C21H20BrN5O6S2/c1-31-16-9-4-12(22)10-15(16)19(28)26-21(34)23-13-5-7-14(8-6-13)35(29,30)27-17-11-18(32-2)25-20(24-17)33-3/h4-11H,1-3H3,(H,24,25,27)(H2,23,26,28,34). The molecule has 0 bridgehead atoms. The number of aromatic nitrogens is 2. The van der Waals surface area contributed by atoms with Gasteiger partial charge in [-0.3, -0.25) is 14.8 Å². The van der Waals surface area contributed by atoms with Gasteiger partial charge in [0.15, 0.2) is 10.9 Å². The number of benzene rings is 2. The highest BCUT2D eigenvalue weighted by molar-refractivity contribution is 9.10. The van der Waals surface area contributed by atoms with Gasteiger partial charge in [-0.15, -0.1) is 0 Å². The molecule has 184 valence electrons. The number of carbonyl (C=O) groups is 1. The number of rotatable bonds is 8. The third kappa shape index (κ3) is 6.77. The lowest BCUT2D eigenvalue weighted by atomic mass is 10.2. The van der Waals surface area contributed by atoms with E-state index >= 15 is 0 Å². The molecular weight excluding hydrogens is 562 g/mol. The van der Waals surface area contributed by atoms with Crippen LogP contribution >= 0.6 is 28.1 Å². The van der Waals surface area contributed by atoms with E-state index in [1.807, 2.05) is 0 Å². The normalized spacial score (nSPS) is 10.7. The number of halogens is 1. The number of ether oxygens (including phenoxy) is 3. The SMILES string of the molecule is COc1cc(NS(=O)(=O)c2ccc(NC(=S)NC(=O)c3cc(Br)ccc3OC)cc2)nc(OC)n1. The largest absolute Gasteiger partial charge is 0.496 e. The average Bonchev–Trinajstić information content (AvgIpc) is 2.83. The van der Waals surface area contributed by atoms with Gasteiger partial charge in [0.2, 0.25) is 5.88 Å². The van der Waals surface area contributed by atoms with Crippen LogP contribution in [0.3, 0.4) is 0 Å². The maximum atomic E-state index is 12.8. The van der Waals surface area contributed by atoms with E-state index in [-0.39, 0.29) is 33.3 Å². The molecule has 3 aromatic rings. The summed E-state index contributed by atoms with van der Waals surface area (Å²) in [4.78, 5) is 20.4. The Kier molecular flexibility index (Phi) is 8.43. The van der Waals surface area contributed by atoms with Gasteiger partial charge in [0.1, 0.15) is 5.75 Å². The second-order valence-corrected chi connectivity index (χ2v) is 9.67. The molecule has 0 radical (unpaired) electrons. The number of anilines is 2. The van der Waals surface area contributed by atoms with Gasteiger partial charge in [0, 0.05) is 16.2 Å².